The second-order valence-corrected chi connectivity index (χ2v) is 7.38. The predicted molar refractivity (Wildman–Crippen MR) is 88.1 cm³/mol. The molecule has 0 unspecified atom stereocenters. The molecule has 0 N–H and O–H groups in total. The van der Waals surface area contributed by atoms with E-state index in [-0.39, 0.29) is 0 Å². The molecule has 0 amide bonds. The van der Waals surface area contributed by atoms with Gasteiger partial charge in [0.25, 0.3) is 0 Å². The van der Waals surface area contributed by atoms with E-state index in [4.69, 9.17) is 0 Å². The van der Waals surface area contributed by atoms with E-state index in [0.717, 1.165) is 11.8 Å². The topological polar surface area (TPSA) is 6.48 Å². The van der Waals surface area contributed by atoms with E-state index in [9.17, 15) is 0 Å². The maximum atomic E-state index is 2.79. The number of rotatable bonds is 7. The third-order valence-corrected chi connectivity index (χ3v) is 6.29. The lowest BCUT2D eigenvalue weighted by Gasteiger charge is -2.58. The van der Waals surface area contributed by atoms with Crippen molar-refractivity contribution in [1.82, 2.24) is 9.80 Å². The number of hydrogen-bond donors (Lipinski definition) is 0. The minimum atomic E-state index is 0.645. The number of unbranched alkanes of at least 4 members (excludes halogenated alkanes) is 3. The molecule has 0 aromatic carbocycles. The Hall–Kier alpha value is -0.0800. The van der Waals surface area contributed by atoms with Gasteiger partial charge in [-0.15, -0.1) is 0 Å². The maximum Gasteiger partial charge on any atom is 0.00275 e. The van der Waals surface area contributed by atoms with Crippen LogP contribution in [0.5, 0.6) is 0 Å². The summed E-state index contributed by atoms with van der Waals surface area (Å²) in [4.78, 5) is 5.38. The predicted octanol–water partition coefficient (Wildman–Crippen LogP) is 3.87. The van der Waals surface area contributed by atoms with Crippen LogP contribution in [0.1, 0.15) is 59.3 Å². The minimum absolute atomic E-state index is 0.645. The second kappa shape index (κ2) is 7.26. The molecule has 0 aliphatic carbocycles. The van der Waals surface area contributed by atoms with Gasteiger partial charge in [0.15, 0.2) is 0 Å². The Morgan fingerprint density at radius 2 is 1.45 bits per heavy atom. The minimum Gasteiger partial charge on any atom is -0.306 e. The van der Waals surface area contributed by atoms with Crippen LogP contribution in [0.25, 0.3) is 0 Å². The van der Waals surface area contributed by atoms with Crippen LogP contribution in [-0.2, 0) is 0 Å². The highest BCUT2D eigenvalue weighted by molar-refractivity contribution is 5.01. The maximum absolute atomic E-state index is 2.79. The first-order valence-electron chi connectivity index (χ1n) is 9.07. The van der Waals surface area contributed by atoms with Crippen LogP contribution < -0.4 is 0 Å². The first-order chi connectivity index (χ1) is 9.66. The van der Waals surface area contributed by atoms with Crippen molar-refractivity contribution in [3.63, 3.8) is 0 Å². The van der Waals surface area contributed by atoms with Crippen molar-refractivity contribution >= 4 is 0 Å². The van der Waals surface area contributed by atoms with E-state index in [2.05, 4.69) is 37.6 Å². The van der Waals surface area contributed by atoms with Gasteiger partial charge in [-0.2, -0.15) is 0 Å². The molecule has 2 saturated heterocycles. The van der Waals surface area contributed by atoms with Gasteiger partial charge >= 0.3 is 0 Å². The molecule has 2 heteroatoms. The summed E-state index contributed by atoms with van der Waals surface area (Å²) in [7, 11) is 2.33. The number of piperidine rings is 2. The summed E-state index contributed by atoms with van der Waals surface area (Å²) in [6.07, 6.45) is 8.37. The number of nitrogens with zero attached hydrogens (tertiary/aromatic N) is 2. The molecule has 2 bridgehead atoms. The fourth-order valence-electron chi connectivity index (χ4n) is 5.05. The van der Waals surface area contributed by atoms with Crippen molar-refractivity contribution in [2.45, 2.75) is 59.3 Å². The van der Waals surface area contributed by atoms with Crippen LogP contribution in [-0.4, -0.2) is 49.6 Å². The van der Waals surface area contributed by atoms with Crippen molar-refractivity contribution in [2.24, 2.45) is 17.3 Å². The average molecular weight is 280 g/mol. The van der Waals surface area contributed by atoms with E-state index in [1.165, 1.54) is 71.2 Å². The molecule has 0 radical (unpaired) electrons. The molecule has 2 atom stereocenters. The highest BCUT2D eigenvalue weighted by atomic mass is 15.2. The molecule has 2 aliphatic heterocycles. The monoisotopic (exact) mass is 280 g/mol. The smallest absolute Gasteiger partial charge is 0.00275 e. The molecule has 0 saturated carbocycles. The first kappa shape index (κ1) is 16.3. The molecule has 0 aromatic heterocycles. The van der Waals surface area contributed by atoms with E-state index in [1.807, 2.05) is 0 Å². The normalized spacial score (nSPS) is 30.6. The van der Waals surface area contributed by atoms with Crippen molar-refractivity contribution in [3.05, 3.63) is 0 Å². The van der Waals surface area contributed by atoms with Gasteiger partial charge < -0.3 is 9.80 Å². The van der Waals surface area contributed by atoms with Gasteiger partial charge in [-0.1, -0.05) is 40.0 Å². The van der Waals surface area contributed by atoms with E-state index in [1.54, 1.807) is 0 Å². The van der Waals surface area contributed by atoms with Gasteiger partial charge in [-0.3, -0.25) is 0 Å². The fourth-order valence-corrected chi connectivity index (χ4v) is 5.05. The Balaban J connectivity index is 1.95. The van der Waals surface area contributed by atoms with Gasteiger partial charge in [0.05, 0.1) is 0 Å². The summed E-state index contributed by atoms with van der Waals surface area (Å²) in [5, 5.41) is 0. The third kappa shape index (κ3) is 3.22. The van der Waals surface area contributed by atoms with Gasteiger partial charge in [-0.05, 0) is 50.1 Å². The third-order valence-electron chi connectivity index (χ3n) is 6.29. The van der Waals surface area contributed by atoms with Gasteiger partial charge in [0.1, 0.15) is 0 Å². The van der Waals surface area contributed by atoms with E-state index in [0.29, 0.717) is 5.41 Å². The number of hydrogen-bond acceptors (Lipinski definition) is 2. The standard InChI is InChI=1S/C18H36N2/c1-5-8-9-10-11-20-14-16-12-19(4)13-17(15-20)18(16,6-2)7-3/h16-17H,5-15H2,1-4H3/t16-,17+. The molecule has 2 nitrogen and oxygen atoms in total. The quantitative estimate of drug-likeness (QED) is 0.653. The van der Waals surface area contributed by atoms with Gasteiger partial charge in [0, 0.05) is 26.2 Å². The average Bonchev–Trinajstić information content (AvgIpc) is 2.43. The summed E-state index contributed by atoms with van der Waals surface area (Å²) in [6, 6.07) is 0. The Morgan fingerprint density at radius 3 is 1.95 bits per heavy atom. The molecule has 2 rings (SSSR count). The molecule has 0 spiro atoms. The van der Waals surface area contributed by atoms with Crippen LogP contribution >= 0.6 is 0 Å². The summed E-state index contributed by atoms with van der Waals surface area (Å²) in [5.74, 6) is 1.81. The lowest BCUT2D eigenvalue weighted by Crippen LogP contribution is -2.62. The van der Waals surface area contributed by atoms with Crippen molar-refractivity contribution in [2.75, 3.05) is 39.8 Å². The van der Waals surface area contributed by atoms with Crippen LogP contribution in [0.3, 0.4) is 0 Å². The molecule has 2 heterocycles. The van der Waals surface area contributed by atoms with Gasteiger partial charge in [0.2, 0.25) is 0 Å². The van der Waals surface area contributed by atoms with Crippen molar-refractivity contribution < 1.29 is 0 Å². The van der Waals surface area contributed by atoms with Crippen LogP contribution in [0.2, 0.25) is 0 Å². The zero-order valence-corrected chi connectivity index (χ0v) is 14.3. The van der Waals surface area contributed by atoms with Crippen LogP contribution in [0.15, 0.2) is 0 Å². The number of likely N-dealkylation sites (tertiary alicyclic amines) is 2. The lowest BCUT2D eigenvalue weighted by atomic mass is 9.58. The highest BCUT2D eigenvalue weighted by Gasteiger charge is 2.50. The lowest BCUT2D eigenvalue weighted by molar-refractivity contribution is -0.0907. The second-order valence-electron chi connectivity index (χ2n) is 7.38. The molecule has 0 aromatic rings. The molecule has 20 heavy (non-hydrogen) atoms. The zero-order valence-electron chi connectivity index (χ0n) is 14.3. The summed E-state index contributed by atoms with van der Waals surface area (Å²) in [5.41, 5.74) is 0.645. The molecular formula is C18H36N2. The number of fused-ring (bicyclic) bond motifs is 2. The van der Waals surface area contributed by atoms with E-state index < -0.39 is 0 Å². The Morgan fingerprint density at radius 1 is 0.850 bits per heavy atom. The first-order valence-corrected chi connectivity index (χ1v) is 9.07. The molecule has 2 fully saturated rings. The zero-order chi connectivity index (χ0) is 14.6. The molecule has 118 valence electrons. The van der Waals surface area contributed by atoms with Crippen molar-refractivity contribution in [3.8, 4) is 0 Å². The SMILES string of the molecule is CCCCCCN1C[C@H]2CN(C)C[C@@H](C1)C2(CC)CC. The Labute approximate surface area is 126 Å². The highest BCUT2D eigenvalue weighted by Crippen LogP contribution is 2.49. The van der Waals surface area contributed by atoms with E-state index >= 15 is 0 Å². The summed E-state index contributed by atoms with van der Waals surface area (Å²) >= 11 is 0. The Bertz CT molecular complexity index is 267. The van der Waals surface area contributed by atoms with Gasteiger partial charge in [-0.25, -0.2) is 0 Å². The summed E-state index contributed by atoms with van der Waals surface area (Å²) in [6.45, 7) is 13.9. The van der Waals surface area contributed by atoms with Crippen LogP contribution in [0.4, 0.5) is 0 Å². The largest absolute Gasteiger partial charge is 0.306 e. The Kier molecular flexibility index (Phi) is 5.92. The summed E-state index contributed by atoms with van der Waals surface area (Å²) < 4.78 is 0. The van der Waals surface area contributed by atoms with Crippen molar-refractivity contribution in [1.29, 1.82) is 0 Å². The van der Waals surface area contributed by atoms with Crippen LogP contribution in [0, 0.1) is 17.3 Å². The molecular weight excluding hydrogens is 244 g/mol. The fraction of sp³-hybridized carbons (Fsp3) is 1.00. The molecule has 2 aliphatic rings.